The molecule has 0 heterocycles. The van der Waals surface area contributed by atoms with Gasteiger partial charge in [0.15, 0.2) is 0 Å². The number of hydrogen-bond donors (Lipinski definition) is 0. The summed E-state index contributed by atoms with van der Waals surface area (Å²) < 4.78 is 0. The summed E-state index contributed by atoms with van der Waals surface area (Å²) in [4.78, 5) is 0. The Kier molecular flexibility index (Phi) is 4.97. The van der Waals surface area contributed by atoms with Crippen LogP contribution >= 0.6 is 0 Å². The Morgan fingerprint density at radius 1 is 1.21 bits per heavy atom. The lowest BCUT2D eigenvalue weighted by atomic mass is 9.78. The highest BCUT2D eigenvalue weighted by Crippen LogP contribution is 2.36. The minimum atomic E-state index is 0.471. The van der Waals surface area contributed by atoms with Crippen molar-refractivity contribution in [2.75, 3.05) is 0 Å². The quantitative estimate of drug-likeness (QED) is 0.625. The molecular weight excluding hydrogens is 228 g/mol. The summed E-state index contributed by atoms with van der Waals surface area (Å²) in [5, 5.41) is 0. The average Bonchev–Trinajstić information content (AvgIpc) is 2.47. The van der Waals surface area contributed by atoms with Crippen LogP contribution in [0.2, 0.25) is 0 Å². The van der Waals surface area contributed by atoms with Crippen LogP contribution in [-0.4, -0.2) is 0 Å². The summed E-state index contributed by atoms with van der Waals surface area (Å²) >= 11 is 0. The third-order valence-corrected chi connectivity index (χ3v) is 3.64. The molecule has 0 aromatic heterocycles. The zero-order chi connectivity index (χ0) is 13.5. The van der Waals surface area contributed by atoms with Gasteiger partial charge in [-0.2, -0.15) is 0 Å². The molecule has 1 aromatic rings. The van der Waals surface area contributed by atoms with Gasteiger partial charge in [-0.3, -0.25) is 0 Å². The molecule has 0 aliphatic heterocycles. The highest BCUT2D eigenvalue weighted by molar-refractivity contribution is 5.33. The lowest BCUT2D eigenvalue weighted by Crippen LogP contribution is -2.13. The Balaban J connectivity index is 2.33. The number of allylic oxidation sites excluding steroid dienone is 8. The van der Waals surface area contributed by atoms with Crippen molar-refractivity contribution < 1.29 is 0 Å². The highest BCUT2D eigenvalue weighted by Gasteiger charge is 2.22. The molecule has 0 spiro atoms. The van der Waals surface area contributed by atoms with Crippen LogP contribution < -0.4 is 0 Å². The molecule has 0 saturated carbocycles. The first-order valence-corrected chi connectivity index (χ1v) is 7.00. The largest absolute Gasteiger partial charge is 0.0877 e. The second-order valence-corrected chi connectivity index (χ2v) is 5.04. The zero-order valence-electron chi connectivity index (χ0n) is 11.8. The Morgan fingerprint density at radius 2 is 2.00 bits per heavy atom. The molecule has 1 unspecified atom stereocenters. The molecule has 19 heavy (non-hydrogen) atoms. The van der Waals surface area contributed by atoms with E-state index in [0.29, 0.717) is 11.8 Å². The molecule has 2 rings (SSSR count). The van der Waals surface area contributed by atoms with E-state index in [1.165, 1.54) is 11.1 Å². The predicted octanol–water partition coefficient (Wildman–Crippen LogP) is 5.42. The fraction of sp³-hybridized carbons (Fsp3) is 0.263. The van der Waals surface area contributed by atoms with Gasteiger partial charge in [0, 0.05) is 5.92 Å². The summed E-state index contributed by atoms with van der Waals surface area (Å²) in [6.07, 6.45) is 16.5. The van der Waals surface area contributed by atoms with Crippen molar-refractivity contribution in [3.63, 3.8) is 0 Å². The minimum absolute atomic E-state index is 0.471. The molecule has 98 valence electrons. The lowest BCUT2D eigenvalue weighted by molar-refractivity contribution is 0.564. The van der Waals surface area contributed by atoms with Crippen LogP contribution in [-0.2, 0) is 0 Å². The van der Waals surface area contributed by atoms with Crippen molar-refractivity contribution in [2.45, 2.75) is 26.2 Å². The Labute approximate surface area is 116 Å². The van der Waals surface area contributed by atoms with Crippen molar-refractivity contribution in [3.8, 4) is 0 Å². The maximum absolute atomic E-state index is 2.34. The Hall–Kier alpha value is -1.82. The minimum Gasteiger partial charge on any atom is -0.0877 e. The third-order valence-electron chi connectivity index (χ3n) is 3.64. The van der Waals surface area contributed by atoms with Gasteiger partial charge in [0.05, 0.1) is 0 Å². The first-order valence-electron chi connectivity index (χ1n) is 7.00. The summed E-state index contributed by atoms with van der Waals surface area (Å²) in [5.74, 6) is 1.03. The molecule has 1 aromatic carbocycles. The van der Waals surface area contributed by atoms with E-state index in [4.69, 9.17) is 0 Å². The molecule has 0 N–H and O–H groups in total. The van der Waals surface area contributed by atoms with Crippen LogP contribution in [0, 0.1) is 5.92 Å². The van der Waals surface area contributed by atoms with Gasteiger partial charge in [-0.05, 0) is 31.7 Å². The van der Waals surface area contributed by atoms with Gasteiger partial charge in [0.25, 0.3) is 0 Å². The van der Waals surface area contributed by atoms with Crippen molar-refractivity contribution in [2.24, 2.45) is 5.92 Å². The molecule has 0 nitrogen and oxygen atoms in total. The van der Waals surface area contributed by atoms with Crippen LogP contribution in [0.4, 0.5) is 0 Å². The van der Waals surface area contributed by atoms with E-state index in [2.05, 4.69) is 86.7 Å². The number of hydrogen-bond acceptors (Lipinski definition) is 0. The monoisotopic (exact) mass is 250 g/mol. The molecule has 0 amide bonds. The van der Waals surface area contributed by atoms with Gasteiger partial charge in [-0.25, -0.2) is 0 Å². The van der Waals surface area contributed by atoms with Crippen molar-refractivity contribution in [3.05, 3.63) is 84.0 Å². The molecular formula is C19H22. The van der Waals surface area contributed by atoms with Crippen molar-refractivity contribution in [1.29, 1.82) is 0 Å². The lowest BCUT2D eigenvalue weighted by Gasteiger charge is -2.26. The van der Waals surface area contributed by atoms with E-state index >= 15 is 0 Å². The van der Waals surface area contributed by atoms with E-state index in [1.54, 1.807) is 0 Å². The molecule has 1 aliphatic rings. The fourth-order valence-corrected chi connectivity index (χ4v) is 2.71. The summed E-state index contributed by atoms with van der Waals surface area (Å²) in [6.45, 7) is 4.30. The fourth-order valence-electron chi connectivity index (χ4n) is 2.71. The van der Waals surface area contributed by atoms with Gasteiger partial charge < -0.3 is 0 Å². The maximum Gasteiger partial charge on any atom is 0.0114 e. The molecule has 2 atom stereocenters. The first-order chi connectivity index (χ1) is 9.33. The molecule has 0 fully saturated rings. The van der Waals surface area contributed by atoms with Crippen LogP contribution in [0.1, 0.15) is 31.7 Å². The number of benzene rings is 1. The van der Waals surface area contributed by atoms with E-state index in [1.807, 2.05) is 0 Å². The topological polar surface area (TPSA) is 0 Å². The second-order valence-electron chi connectivity index (χ2n) is 5.04. The summed E-state index contributed by atoms with van der Waals surface area (Å²) in [6, 6.07) is 10.8. The van der Waals surface area contributed by atoms with Crippen LogP contribution in [0.5, 0.6) is 0 Å². The Morgan fingerprint density at radius 3 is 2.63 bits per heavy atom. The summed E-state index contributed by atoms with van der Waals surface area (Å²) in [5.41, 5.74) is 2.83. The van der Waals surface area contributed by atoms with Gasteiger partial charge in [-0.1, -0.05) is 78.4 Å². The van der Waals surface area contributed by atoms with Crippen LogP contribution in [0.15, 0.2) is 78.4 Å². The second kappa shape index (κ2) is 6.94. The molecule has 0 bridgehead atoms. The maximum atomic E-state index is 2.34. The summed E-state index contributed by atoms with van der Waals surface area (Å²) in [7, 11) is 0. The van der Waals surface area contributed by atoms with Crippen LogP contribution in [0.25, 0.3) is 0 Å². The van der Waals surface area contributed by atoms with Crippen molar-refractivity contribution >= 4 is 0 Å². The SMILES string of the molecule is C/C=C\C=C(/C)C(c1ccccc1)[C@H]1C=CC=CC1. The molecule has 1 aliphatic carbocycles. The van der Waals surface area contributed by atoms with E-state index in [9.17, 15) is 0 Å². The third kappa shape index (κ3) is 3.57. The van der Waals surface area contributed by atoms with Gasteiger partial charge >= 0.3 is 0 Å². The van der Waals surface area contributed by atoms with Gasteiger partial charge in [0.1, 0.15) is 0 Å². The molecule has 0 radical (unpaired) electrons. The first kappa shape index (κ1) is 13.6. The zero-order valence-corrected chi connectivity index (χ0v) is 11.8. The van der Waals surface area contributed by atoms with Gasteiger partial charge in [0.2, 0.25) is 0 Å². The number of rotatable bonds is 4. The molecule has 0 saturated heterocycles. The van der Waals surface area contributed by atoms with E-state index in [-0.39, 0.29) is 0 Å². The average molecular weight is 250 g/mol. The standard InChI is InChI=1S/C19H22/c1-3-4-11-16(2)19(17-12-7-5-8-13-17)18-14-9-6-10-15-18/h3-14,18-19H,15H2,1-2H3/b4-3-,16-11+/t18-,19?/m0/s1. The molecule has 0 heteroatoms. The smallest absolute Gasteiger partial charge is 0.0114 e. The predicted molar refractivity (Wildman–Crippen MR) is 84.1 cm³/mol. The van der Waals surface area contributed by atoms with Crippen molar-refractivity contribution in [1.82, 2.24) is 0 Å². The normalized spacial score (nSPS) is 20.9. The van der Waals surface area contributed by atoms with Gasteiger partial charge in [-0.15, -0.1) is 0 Å². The van der Waals surface area contributed by atoms with E-state index < -0.39 is 0 Å². The highest BCUT2D eigenvalue weighted by atomic mass is 14.3. The van der Waals surface area contributed by atoms with Crippen LogP contribution in [0.3, 0.4) is 0 Å². The van der Waals surface area contributed by atoms with E-state index in [0.717, 1.165) is 6.42 Å². The Bertz CT molecular complexity index is 500.